The van der Waals surface area contributed by atoms with Gasteiger partial charge in [-0.1, -0.05) is 222 Å². The normalized spacial score (nSPS) is 12.6. The second-order valence-electron chi connectivity index (χ2n) is 17.8. The molecule has 0 N–H and O–H groups in total. The van der Waals surface area contributed by atoms with Crippen molar-refractivity contribution in [3.8, 4) is 0 Å². The zero-order chi connectivity index (χ0) is 46.5. The van der Waals surface area contributed by atoms with Gasteiger partial charge in [0.05, 0.1) is 0 Å². The van der Waals surface area contributed by atoms with Crippen molar-refractivity contribution in [3.63, 3.8) is 0 Å². The van der Waals surface area contributed by atoms with Crippen LogP contribution in [0.5, 0.6) is 0 Å². The van der Waals surface area contributed by atoms with Crippen LogP contribution in [0.2, 0.25) is 0 Å². The Bertz CT molecular complexity index is 1210. The van der Waals surface area contributed by atoms with E-state index in [1.165, 1.54) is 109 Å². The summed E-state index contributed by atoms with van der Waals surface area (Å²) in [6.45, 7) is 6.48. The van der Waals surface area contributed by atoms with Gasteiger partial charge in [0.2, 0.25) is 0 Å². The van der Waals surface area contributed by atoms with E-state index < -0.39 is 6.10 Å². The van der Waals surface area contributed by atoms with Gasteiger partial charge in [0, 0.05) is 19.3 Å². The number of hydrogen-bond acceptors (Lipinski definition) is 6. The smallest absolute Gasteiger partial charge is 0.306 e. The third-order valence-electron chi connectivity index (χ3n) is 11.4. The molecular formula is C58H100O6. The van der Waals surface area contributed by atoms with Gasteiger partial charge in [0.25, 0.3) is 0 Å². The fourth-order valence-corrected chi connectivity index (χ4v) is 7.40. The lowest BCUT2D eigenvalue weighted by Gasteiger charge is -2.18. The highest BCUT2D eigenvalue weighted by Gasteiger charge is 2.19. The van der Waals surface area contributed by atoms with Crippen molar-refractivity contribution in [2.45, 2.75) is 264 Å². The van der Waals surface area contributed by atoms with Crippen molar-refractivity contribution in [1.82, 2.24) is 0 Å². The summed E-state index contributed by atoms with van der Waals surface area (Å²) in [5, 5.41) is 0. The molecular weight excluding hydrogens is 793 g/mol. The Hall–Kier alpha value is -3.15. The van der Waals surface area contributed by atoms with E-state index in [1.807, 2.05) is 0 Å². The first-order valence-electron chi connectivity index (χ1n) is 26.9. The standard InChI is InChI=1S/C58H100O6/c1-4-7-10-13-16-19-21-23-25-27-28-29-30-32-33-35-37-39-42-45-48-51-57(60)63-54-55(53-62-56(59)50-47-44-41-18-15-12-9-6-3)64-58(61)52-49-46-43-40-38-36-34-31-26-24-22-20-17-14-11-8-5-2/h7,10,16,19,23-26,28-29,32-33,55H,4-6,8-9,11-15,17-18,20-22,27,30-31,34-54H2,1-3H3/b10-7-,19-16-,25-23-,26-24-,29-28-,33-32-. The molecule has 1 unspecified atom stereocenters. The summed E-state index contributed by atoms with van der Waals surface area (Å²) >= 11 is 0. The highest BCUT2D eigenvalue weighted by molar-refractivity contribution is 5.71. The molecule has 368 valence electrons. The number of carbonyl (C=O) groups is 3. The van der Waals surface area contributed by atoms with Crippen molar-refractivity contribution in [2.24, 2.45) is 0 Å². The average molecular weight is 893 g/mol. The zero-order valence-electron chi connectivity index (χ0n) is 42.0. The largest absolute Gasteiger partial charge is 0.462 e. The van der Waals surface area contributed by atoms with Crippen LogP contribution >= 0.6 is 0 Å². The molecule has 0 amide bonds. The lowest BCUT2D eigenvalue weighted by molar-refractivity contribution is -0.167. The molecule has 0 aromatic rings. The van der Waals surface area contributed by atoms with Crippen molar-refractivity contribution in [3.05, 3.63) is 72.9 Å². The Morgan fingerprint density at radius 2 is 0.609 bits per heavy atom. The first-order chi connectivity index (χ1) is 31.5. The Morgan fingerprint density at radius 1 is 0.328 bits per heavy atom. The molecule has 0 aliphatic rings. The molecule has 0 aromatic heterocycles. The van der Waals surface area contributed by atoms with E-state index in [0.29, 0.717) is 19.3 Å². The summed E-state index contributed by atoms with van der Waals surface area (Å²) in [5.74, 6) is -0.907. The van der Waals surface area contributed by atoms with E-state index in [2.05, 4.69) is 93.7 Å². The van der Waals surface area contributed by atoms with Gasteiger partial charge in [0.15, 0.2) is 6.10 Å². The number of rotatable bonds is 48. The number of ether oxygens (including phenoxy) is 3. The maximum atomic E-state index is 12.8. The molecule has 0 aliphatic heterocycles. The van der Waals surface area contributed by atoms with Gasteiger partial charge in [-0.3, -0.25) is 14.4 Å². The molecule has 0 spiro atoms. The molecule has 0 bridgehead atoms. The van der Waals surface area contributed by atoms with E-state index in [1.54, 1.807) is 0 Å². The van der Waals surface area contributed by atoms with Crippen molar-refractivity contribution in [1.29, 1.82) is 0 Å². The summed E-state index contributed by atoms with van der Waals surface area (Å²) in [7, 11) is 0. The zero-order valence-corrected chi connectivity index (χ0v) is 42.0. The Kier molecular flexibility index (Phi) is 49.9. The highest BCUT2D eigenvalue weighted by atomic mass is 16.6. The lowest BCUT2D eigenvalue weighted by atomic mass is 10.1. The van der Waals surface area contributed by atoms with Crippen LogP contribution in [0.1, 0.15) is 258 Å². The van der Waals surface area contributed by atoms with Gasteiger partial charge in [-0.2, -0.15) is 0 Å². The predicted octanol–water partition coefficient (Wildman–Crippen LogP) is 17.8. The van der Waals surface area contributed by atoms with E-state index in [4.69, 9.17) is 14.2 Å². The quantitative estimate of drug-likeness (QED) is 0.0262. The summed E-state index contributed by atoms with van der Waals surface area (Å²) in [4.78, 5) is 37.9. The molecule has 0 radical (unpaired) electrons. The maximum Gasteiger partial charge on any atom is 0.306 e. The van der Waals surface area contributed by atoms with Crippen LogP contribution in [0.15, 0.2) is 72.9 Å². The van der Waals surface area contributed by atoms with Crippen molar-refractivity contribution in [2.75, 3.05) is 13.2 Å². The van der Waals surface area contributed by atoms with E-state index in [0.717, 1.165) is 109 Å². The maximum absolute atomic E-state index is 12.8. The SMILES string of the molecule is CC/C=C\C/C=C\C/C=C\C/C=C\C/C=C\CCCCCCCC(=O)OCC(COC(=O)CCCCCCCCCC)OC(=O)CCCCCCCCC/C=C\CCCCCCCC. The van der Waals surface area contributed by atoms with Crippen LogP contribution in [-0.4, -0.2) is 37.2 Å². The van der Waals surface area contributed by atoms with Crippen LogP contribution in [0.4, 0.5) is 0 Å². The minimum Gasteiger partial charge on any atom is -0.462 e. The number of allylic oxidation sites excluding steroid dienone is 12. The highest BCUT2D eigenvalue weighted by Crippen LogP contribution is 2.14. The predicted molar refractivity (Wildman–Crippen MR) is 274 cm³/mol. The lowest BCUT2D eigenvalue weighted by Crippen LogP contribution is -2.30. The Labute approximate surface area is 395 Å². The van der Waals surface area contributed by atoms with Crippen molar-refractivity contribution < 1.29 is 28.6 Å². The van der Waals surface area contributed by atoms with E-state index >= 15 is 0 Å². The molecule has 64 heavy (non-hydrogen) atoms. The van der Waals surface area contributed by atoms with Gasteiger partial charge in [-0.25, -0.2) is 0 Å². The molecule has 0 saturated heterocycles. The molecule has 1 atom stereocenters. The third-order valence-corrected chi connectivity index (χ3v) is 11.4. The summed E-state index contributed by atoms with van der Waals surface area (Å²) in [6.07, 6.45) is 66.1. The number of hydrogen-bond donors (Lipinski definition) is 0. The fraction of sp³-hybridized carbons (Fsp3) is 0.741. The van der Waals surface area contributed by atoms with Gasteiger partial charge in [0.1, 0.15) is 13.2 Å². The van der Waals surface area contributed by atoms with Gasteiger partial charge >= 0.3 is 17.9 Å². The monoisotopic (exact) mass is 893 g/mol. The molecule has 0 rings (SSSR count). The van der Waals surface area contributed by atoms with E-state index in [9.17, 15) is 14.4 Å². The second-order valence-corrected chi connectivity index (χ2v) is 17.8. The Balaban J connectivity index is 4.31. The first-order valence-corrected chi connectivity index (χ1v) is 26.9. The molecule has 6 nitrogen and oxygen atoms in total. The third kappa shape index (κ3) is 49.9. The number of esters is 3. The van der Waals surface area contributed by atoms with Gasteiger partial charge in [-0.15, -0.1) is 0 Å². The van der Waals surface area contributed by atoms with Gasteiger partial charge in [-0.05, 0) is 89.9 Å². The summed E-state index contributed by atoms with van der Waals surface area (Å²) < 4.78 is 16.8. The topological polar surface area (TPSA) is 78.9 Å². The fourth-order valence-electron chi connectivity index (χ4n) is 7.40. The first kappa shape index (κ1) is 60.9. The summed E-state index contributed by atoms with van der Waals surface area (Å²) in [5.41, 5.74) is 0. The van der Waals surface area contributed by atoms with Crippen LogP contribution in [0, 0.1) is 0 Å². The molecule has 0 aliphatic carbocycles. The van der Waals surface area contributed by atoms with Crippen LogP contribution in [-0.2, 0) is 28.6 Å². The molecule has 6 heteroatoms. The van der Waals surface area contributed by atoms with Crippen LogP contribution in [0.3, 0.4) is 0 Å². The number of carbonyl (C=O) groups excluding carboxylic acids is 3. The molecule has 0 heterocycles. The van der Waals surface area contributed by atoms with Crippen LogP contribution in [0.25, 0.3) is 0 Å². The van der Waals surface area contributed by atoms with E-state index in [-0.39, 0.29) is 31.1 Å². The van der Waals surface area contributed by atoms with Gasteiger partial charge < -0.3 is 14.2 Å². The van der Waals surface area contributed by atoms with Crippen molar-refractivity contribution >= 4 is 17.9 Å². The average Bonchev–Trinajstić information content (AvgIpc) is 3.29. The molecule has 0 aromatic carbocycles. The summed E-state index contributed by atoms with van der Waals surface area (Å²) in [6, 6.07) is 0. The Morgan fingerprint density at radius 3 is 0.969 bits per heavy atom. The minimum absolute atomic E-state index is 0.0823. The minimum atomic E-state index is -0.783. The molecule has 0 saturated carbocycles. The number of unbranched alkanes of at least 4 members (excludes halogenated alkanes) is 25. The van der Waals surface area contributed by atoms with Crippen LogP contribution < -0.4 is 0 Å². The second kappa shape index (κ2) is 52.5. The molecule has 0 fully saturated rings.